The first-order valence-electron chi connectivity index (χ1n) is 8.44. The molecule has 0 saturated heterocycles. The zero-order valence-electron chi connectivity index (χ0n) is 13.4. The maximum absolute atomic E-state index is 3.51. The lowest BCUT2D eigenvalue weighted by Gasteiger charge is -2.07. The Bertz CT molecular complexity index is 434. The number of hydrogen-bond acceptors (Lipinski definition) is 2. The van der Waals surface area contributed by atoms with Crippen LogP contribution in [0, 0.1) is 0 Å². The Morgan fingerprint density at radius 3 is 1.68 bits per heavy atom. The monoisotopic (exact) mass is 296 g/mol. The molecule has 0 fully saturated rings. The molecule has 0 atom stereocenters. The predicted octanol–water partition coefficient (Wildman–Crippen LogP) is 3.43. The maximum atomic E-state index is 3.51. The molecular weight excluding hydrogens is 268 g/mol. The zero-order chi connectivity index (χ0) is 15.3. The summed E-state index contributed by atoms with van der Waals surface area (Å²) in [5.41, 5.74) is 2.86. The van der Waals surface area contributed by atoms with E-state index >= 15 is 0 Å². The van der Waals surface area contributed by atoms with Gasteiger partial charge in [0.2, 0.25) is 0 Å². The van der Waals surface area contributed by atoms with Gasteiger partial charge in [-0.3, -0.25) is 0 Å². The van der Waals surface area contributed by atoms with Crippen LogP contribution in [0.4, 0.5) is 0 Å². The molecule has 2 N–H and O–H groups in total. The topological polar surface area (TPSA) is 24.1 Å². The first-order chi connectivity index (χ1) is 10.9. The Labute approximate surface area is 135 Å². The molecule has 2 rings (SSSR count). The number of hydrogen-bond donors (Lipinski definition) is 2. The van der Waals surface area contributed by atoms with Crippen molar-refractivity contribution < 1.29 is 0 Å². The van der Waals surface area contributed by atoms with Crippen molar-refractivity contribution in [2.24, 2.45) is 0 Å². The van der Waals surface area contributed by atoms with E-state index in [4.69, 9.17) is 0 Å². The standard InChI is InChI=1S/C20H28N2/c1-3-9-19(10-4-1)13-7-8-15-21-17-18-22-16-14-20-11-5-2-6-12-20/h1-6,9-12,21-22H,7-8,13-18H2. The van der Waals surface area contributed by atoms with E-state index in [1.165, 1.54) is 30.4 Å². The average Bonchev–Trinajstić information content (AvgIpc) is 2.58. The second-order valence-electron chi connectivity index (χ2n) is 5.68. The minimum Gasteiger partial charge on any atom is -0.315 e. The van der Waals surface area contributed by atoms with Crippen LogP contribution in [0.3, 0.4) is 0 Å². The van der Waals surface area contributed by atoms with Gasteiger partial charge in [0.05, 0.1) is 0 Å². The van der Waals surface area contributed by atoms with Gasteiger partial charge in [-0.2, -0.15) is 0 Å². The van der Waals surface area contributed by atoms with Crippen molar-refractivity contribution in [3.63, 3.8) is 0 Å². The fourth-order valence-corrected chi connectivity index (χ4v) is 2.53. The first-order valence-corrected chi connectivity index (χ1v) is 8.44. The van der Waals surface area contributed by atoms with E-state index in [2.05, 4.69) is 71.3 Å². The third-order valence-corrected chi connectivity index (χ3v) is 3.82. The molecule has 0 bridgehead atoms. The summed E-state index contributed by atoms with van der Waals surface area (Å²) in [5, 5.41) is 7.00. The molecule has 0 saturated carbocycles. The average molecular weight is 296 g/mol. The van der Waals surface area contributed by atoms with Gasteiger partial charge in [0, 0.05) is 13.1 Å². The van der Waals surface area contributed by atoms with E-state index in [1.54, 1.807) is 0 Å². The second kappa shape index (κ2) is 11.0. The highest BCUT2D eigenvalue weighted by Crippen LogP contribution is 2.03. The lowest BCUT2D eigenvalue weighted by Crippen LogP contribution is -2.29. The minimum absolute atomic E-state index is 1.05. The van der Waals surface area contributed by atoms with Crippen molar-refractivity contribution in [2.75, 3.05) is 26.2 Å². The van der Waals surface area contributed by atoms with Crippen LogP contribution in [0.1, 0.15) is 24.0 Å². The summed E-state index contributed by atoms with van der Waals surface area (Å²) in [6, 6.07) is 21.4. The summed E-state index contributed by atoms with van der Waals surface area (Å²) in [6.45, 7) is 4.28. The van der Waals surface area contributed by atoms with Crippen LogP contribution < -0.4 is 10.6 Å². The smallest absolute Gasteiger partial charge is 0.00768 e. The van der Waals surface area contributed by atoms with Crippen molar-refractivity contribution in [3.05, 3.63) is 71.8 Å². The molecule has 0 amide bonds. The quantitative estimate of drug-likeness (QED) is 0.621. The molecule has 2 aromatic carbocycles. The highest BCUT2D eigenvalue weighted by molar-refractivity contribution is 5.15. The van der Waals surface area contributed by atoms with Crippen LogP contribution in [0.25, 0.3) is 0 Å². The van der Waals surface area contributed by atoms with Gasteiger partial charge in [-0.05, 0) is 49.9 Å². The van der Waals surface area contributed by atoms with Crippen LogP contribution in [-0.4, -0.2) is 26.2 Å². The highest BCUT2D eigenvalue weighted by atomic mass is 14.9. The van der Waals surface area contributed by atoms with Crippen LogP contribution in [0.2, 0.25) is 0 Å². The Balaban J connectivity index is 1.37. The number of unbranched alkanes of at least 4 members (excludes halogenated alkanes) is 1. The first kappa shape index (κ1) is 16.7. The Morgan fingerprint density at radius 1 is 0.500 bits per heavy atom. The molecule has 0 heterocycles. The summed E-state index contributed by atoms with van der Waals surface area (Å²) in [5.74, 6) is 0. The van der Waals surface area contributed by atoms with Crippen molar-refractivity contribution in [3.8, 4) is 0 Å². The SMILES string of the molecule is c1ccc(CCCCNCCNCCc2ccccc2)cc1. The molecule has 0 radical (unpaired) electrons. The Morgan fingerprint density at radius 2 is 1.05 bits per heavy atom. The van der Waals surface area contributed by atoms with Gasteiger partial charge in [-0.25, -0.2) is 0 Å². The highest BCUT2D eigenvalue weighted by Gasteiger charge is 1.94. The summed E-state index contributed by atoms with van der Waals surface area (Å²) >= 11 is 0. The Kier molecular flexibility index (Phi) is 8.36. The number of rotatable bonds is 11. The molecule has 0 aliphatic rings. The lowest BCUT2D eigenvalue weighted by molar-refractivity contribution is 0.585. The van der Waals surface area contributed by atoms with Crippen LogP contribution in [-0.2, 0) is 12.8 Å². The number of aryl methyl sites for hydroxylation is 1. The van der Waals surface area contributed by atoms with Crippen molar-refractivity contribution >= 4 is 0 Å². The number of nitrogens with one attached hydrogen (secondary N) is 2. The van der Waals surface area contributed by atoms with Gasteiger partial charge >= 0.3 is 0 Å². The molecule has 0 aliphatic carbocycles. The van der Waals surface area contributed by atoms with E-state index in [1.807, 2.05) is 0 Å². The molecule has 2 aromatic rings. The third-order valence-electron chi connectivity index (χ3n) is 3.82. The molecule has 0 aromatic heterocycles. The molecule has 0 aliphatic heterocycles. The van der Waals surface area contributed by atoms with Gasteiger partial charge in [-0.15, -0.1) is 0 Å². The predicted molar refractivity (Wildman–Crippen MR) is 95.3 cm³/mol. The van der Waals surface area contributed by atoms with E-state index in [0.717, 1.165) is 32.6 Å². The van der Waals surface area contributed by atoms with Crippen LogP contribution >= 0.6 is 0 Å². The Hall–Kier alpha value is -1.64. The molecule has 0 unspecified atom stereocenters. The van der Waals surface area contributed by atoms with Crippen molar-refractivity contribution in [2.45, 2.75) is 25.7 Å². The molecular formula is C20H28N2. The van der Waals surface area contributed by atoms with E-state index < -0.39 is 0 Å². The van der Waals surface area contributed by atoms with E-state index in [0.29, 0.717) is 0 Å². The van der Waals surface area contributed by atoms with Gasteiger partial charge < -0.3 is 10.6 Å². The molecule has 22 heavy (non-hydrogen) atoms. The molecule has 2 nitrogen and oxygen atoms in total. The summed E-state index contributed by atoms with van der Waals surface area (Å²) in [6.07, 6.45) is 4.81. The third kappa shape index (κ3) is 7.39. The van der Waals surface area contributed by atoms with Gasteiger partial charge in [-0.1, -0.05) is 60.7 Å². The van der Waals surface area contributed by atoms with Crippen molar-refractivity contribution in [1.29, 1.82) is 0 Å². The van der Waals surface area contributed by atoms with Crippen LogP contribution in [0.15, 0.2) is 60.7 Å². The van der Waals surface area contributed by atoms with Crippen molar-refractivity contribution in [1.82, 2.24) is 10.6 Å². The fraction of sp³-hybridized carbons (Fsp3) is 0.400. The zero-order valence-corrected chi connectivity index (χ0v) is 13.4. The summed E-state index contributed by atoms with van der Waals surface area (Å²) in [7, 11) is 0. The molecule has 0 spiro atoms. The molecule has 2 heteroatoms. The molecule has 118 valence electrons. The van der Waals surface area contributed by atoms with Gasteiger partial charge in [0.25, 0.3) is 0 Å². The van der Waals surface area contributed by atoms with E-state index in [9.17, 15) is 0 Å². The second-order valence-corrected chi connectivity index (χ2v) is 5.68. The summed E-state index contributed by atoms with van der Waals surface area (Å²) < 4.78 is 0. The number of benzene rings is 2. The van der Waals surface area contributed by atoms with Crippen LogP contribution in [0.5, 0.6) is 0 Å². The van der Waals surface area contributed by atoms with Gasteiger partial charge in [0.1, 0.15) is 0 Å². The van der Waals surface area contributed by atoms with E-state index in [-0.39, 0.29) is 0 Å². The fourth-order valence-electron chi connectivity index (χ4n) is 2.53. The van der Waals surface area contributed by atoms with Gasteiger partial charge in [0.15, 0.2) is 0 Å². The minimum atomic E-state index is 1.05. The summed E-state index contributed by atoms with van der Waals surface area (Å²) in [4.78, 5) is 0. The lowest BCUT2D eigenvalue weighted by atomic mass is 10.1. The maximum Gasteiger partial charge on any atom is 0.00768 e. The normalized spacial score (nSPS) is 10.7. The largest absolute Gasteiger partial charge is 0.315 e.